The molecule has 0 spiro atoms. The molecule has 1 aliphatic rings. The smallest absolute Gasteiger partial charge is 0.213 e. The van der Waals surface area contributed by atoms with Gasteiger partial charge >= 0.3 is 0 Å². The van der Waals surface area contributed by atoms with Gasteiger partial charge in [-0.2, -0.15) is 0 Å². The number of methoxy groups -OCH3 is 1. The third kappa shape index (κ3) is 7.63. The predicted molar refractivity (Wildman–Crippen MR) is 106 cm³/mol. The standard InChI is InChI=1S/C16H27N5O2.HI/c1-3-17-16(19-6-7-21-8-10-23-11-9-21)20-13-14-4-5-18-15(12-14)22-2;/h4-5,12H,3,6-11,13H2,1-2H3,(H2,17,19,20);1H. The maximum Gasteiger partial charge on any atom is 0.213 e. The van der Waals surface area contributed by atoms with Crippen LogP contribution in [0.15, 0.2) is 23.3 Å². The zero-order valence-corrected chi connectivity index (χ0v) is 16.8. The Bertz CT molecular complexity index is 495. The summed E-state index contributed by atoms with van der Waals surface area (Å²) < 4.78 is 10.5. The molecular formula is C16H28IN5O2. The van der Waals surface area contributed by atoms with Crippen LogP contribution in [0.25, 0.3) is 0 Å². The lowest BCUT2D eigenvalue weighted by molar-refractivity contribution is 0.0389. The van der Waals surface area contributed by atoms with Crippen LogP contribution in [-0.4, -0.2) is 68.9 Å². The van der Waals surface area contributed by atoms with Crippen molar-refractivity contribution in [2.75, 3.05) is 53.0 Å². The summed E-state index contributed by atoms with van der Waals surface area (Å²) in [7, 11) is 1.62. The van der Waals surface area contributed by atoms with Crippen molar-refractivity contribution in [3.63, 3.8) is 0 Å². The molecule has 1 aliphatic heterocycles. The zero-order chi connectivity index (χ0) is 16.3. The lowest BCUT2D eigenvalue weighted by atomic mass is 10.3. The van der Waals surface area contributed by atoms with Crippen molar-refractivity contribution in [2.24, 2.45) is 4.99 Å². The molecule has 0 aromatic carbocycles. The number of aliphatic imine (C=N–C) groups is 1. The highest BCUT2D eigenvalue weighted by Crippen LogP contribution is 2.09. The Morgan fingerprint density at radius 1 is 1.38 bits per heavy atom. The lowest BCUT2D eigenvalue weighted by Gasteiger charge is -2.26. The van der Waals surface area contributed by atoms with Crippen LogP contribution in [0.2, 0.25) is 0 Å². The van der Waals surface area contributed by atoms with E-state index >= 15 is 0 Å². The monoisotopic (exact) mass is 449 g/mol. The van der Waals surface area contributed by atoms with E-state index in [1.54, 1.807) is 13.3 Å². The second-order valence-electron chi connectivity index (χ2n) is 5.28. The number of ether oxygens (including phenoxy) is 2. The minimum atomic E-state index is 0. The number of nitrogens with one attached hydrogen (secondary N) is 2. The largest absolute Gasteiger partial charge is 0.481 e. The molecular weight excluding hydrogens is 421 g/mol. The molecule has 1 saturated heterocycles. The molecule has 0 saturated carbocycles. The van der Waals surface area contributed by atoms with E-state index in [0.29, 0.717) is 12.4 Å². The molecule has 136 valence electrons. The average molecular weight is 449 g/mol. The fourth-order valence-electron chi connectivity index (χ4n) is 2.33. The molecule has 2 rings (SSSR count). The maximum atomic E-state index is 5.36. The first-order valence-electron chi connectivity index (χ1n) is 8.13. The summed E-state index contributed by atoms with van der Waals surface area (Å²) in [5.41, 5.74) is 1.07. The van der Waals surface area contributed by atoms with Crippen LogP contribution < -0.4 is 15.4 Å². The van der Waals surface area contributed by atoms with Crippen LogP contribution in [-0.2, 0) is 11.3 Å². The zero-order valence-electron chi connectivity index (χ0n) is 14.5. The van der Waals surface area contributed by atoms with Gasteiger partial charge in [-0.1, -0.05) is 0 Å². The number of morpholine rings is 1. The summed E-state index contributed by atoms with van der Waals surface area (Å²) in [6, 6.07) is 3.85. The van der Waals surface area contributed by atoms with Gasteiger partial charge < -0.3 is 20.1 Å². The molecule has 7 nitrogen and oxygen atoms in total. The first-order chi connectivity index (χ1) is 11.3. The number of pyridine rings is 1. The van der Waals surface area contributed by atoms with Crippen molar-refractivity contribution in [3.8, 4) is 5.88 Å². The van der Waals surface area contributed by atoms with Crippen molar-refractivity contribution in [2.45, 2.75) is 13.5 Å². The van der Waals surface area contributed by atoms with Crippen LogP contribution in [0.1, 0.15) is 12.5 Å². The molecule has 2 N–H and O–H groups in total. The third-order valence-electron chi connectivity index (χ3n) is 3.60. The highest BCUT2D eigenvalue weighted by Gasteiger charge is 2.09. The predicted octanol–water partition coefficient (Wildman–Crippen LogP) is 1.10. The van der Waals surface area contributed by atoms with E-state index in [0.717, 1.165) is 57.5 Å². The first-order valence-corrected chi connectivity index (χ1v) is 8.13. The van der Waals surface area contributed by atoms with Gasteiger partial charge in [-0.3, -0.25) is 4.90 Å². The Morgan fingerprint density at radius 2 is 2.17 bits per heavy atom. The quantitative estimate of drug-likeness (QED) is 0.369. The van der Waals surface area contributed by atoms with Gasteiger partial charge in [-0.25, -0.2) is 9.98 Å². The van der Waals surface area contributed by atoms with Crippen molar-refractivity contribution < 1.29 is 9.47 Å². The minimum absolute atomic E-state index is 0. The fraction of sp³-hybridized carbons (Fsp3) is 0.625. The molecule has 2 heterocycles. The Morgan fingerprint density at radius 3 is 2.88 bits per heavy atom. The second-order valence-corrected chi connectivity index (χ2v) is 5.28. The highest BCUT2D eigenvalue weighted by atomic mass is 127. The molecule has 8 heteroatoms. The van der Waals surface area contributed by atoms with Crippen LogP contribution in [0.3, 0.4) is 0 Å². The topological polar surface area (TPSA) is 71.0 Å². The molecule has 0 atom stereocenters. The number of rotatable bonds is 7. The fourth-order valence-corrected chi connectivity index (χ4v) is 2.33. The van der Waals surface area contributed by atoms with Gasteiger partial charge in [0.25, 0.3) is 0 Å². The minimum Gasteiger partial charge on any atom is -0.481 e. The van der Waals surface area contributed by atoms with Gasteiger partial charge in [-0.15, -0.1) is 24.0 Å². The normalized spacial score (nSPS) is 15.5. The number of hydrogen-bond donors (Lipinski definition) is 2. The van der Waals surface area contributed by atoms with Gasteiger partial charge in [0.05, 0.1) is 26.9 Å². The molecule has 1 fully saturated rings. The maximum absolute atomic E-state index is 5.36. The summed E-state index contributed by atoms with van der Waals surface area (Å²) in [6.07, 6.45) is 1.74. The number of aromatic nitrogens is 1. The number of hydrogen-bond acceptors (Lipinski definition) is 5. The Labute approximate surface area is 161 Å². The third-order valence-corrected chi connectivity index (χ3v) is 3.60. The second kappa shape index (κ2) is 12.3. The van der Waals surface area contributed by atoms with Crippen LogP contribution in [0.4, 0.5) is 0 Å². The van der Waals surface area contributed by atoms with E-state index in [1.807, 2.05) is 12.1 Å². The van der Waals surface area contributed by atoms with Crippen LogP contribution in [0.5, 0.6) is 5.88 Å². The van der Waals surface area contributed by atoms with Gasteiger partial charge in [-0.05, 0) is 18.6 Å². The van der Waals surface area contributed by atoms with Gasteiger partial charge in [0.2, 0.25) is 5.88 Å². The lowest BCUT2D eigenvalue weighted by Crippen LogP contribution is -2.44. The highest BCUT2D eigenvalue weighted by molar-refractivity contribution is 14.0. The van der Waals surface area contributed by atoms with Crippen LogP contribution in [0, 0.1) is 0 Å². The van der Waals surface area contributed by atoms with Gasteiger partial charge in [0.1, 0.15) is 0 Å². The van der Waals surface area contributed by atoms with E-state index in [9.17, 15) is 0 Å². The number of halogens is 1. The molecule has 0 radical (unpaired) electrons. The van der Waals surface area contributed by atoms with E-state index in [-0.39, 0.29) is 24.0 Å². The van der Waals surface area contributed by atoms with Crippen LogP contribution >= 0.6 is 24.0 Å². The summed E-state index contributed by atoms with van der Waals surface area (Å²) in [6.45, 7) is 9.03. The molecule has 0 unspecified atom stereocenters. The van der Waals surface area contributed by atoms with Crippen molar-refractivity contribution >= 4 is 29.9 Å². The summed E-state index contributed by atoms with van der Waals surface area (Å²) in [4.78, 5) is 11.1. The van der Waals surface area contributed by atoms with E-state index in [2.05, 4.69) is 32.4 Å². The van der Waals surface area contributed by atoms with E-state index in [1.165, 1.54) is 0 Å². The Kier molecular flexibility index (Phi) is 10.7. The summed E-state index contributed by atoms with van der Waals surface area (Å²) >= 11 is 0. The number of nitrogens with zero attached hydrogens (tertiary/aromatic N) is 3. The molecule has 0 bridgehead atoms. The average Bonchev–Trinajstić information content (AvgIpc) is 2.61. The first kappa shape index (κ1) is 20.9. The summed E-state index contributed by atoms with van der Waals surface area (Å²) in [5, 5.41) is 6.64. The molecule has 0 aliphatic carbocycles. The van der Waals surface area contributed by atoms with Crippen molar-refractivity contribution in [3.05, 3.63) is 23.9 Å². The molecule has 24 heavy (non-hydrogen) atoms. The van der Waals surface area contributed by atoms with Crippen molar-refractivity contribution in [1.82, 2.24) is 20.5 Å². The van der Waals surface area contributed by atoms with E-state index < -0.39 is 0 Å². The van der Waals surface area contributed by atoms with E-state index in [4.69, 9.17) is 9.47 Å². The molecule has 0 amide bonds. The Balaban J connectivity index is 0.00000288. The van der Waals surface area contributed by atoms with Gasteiger partial charge in [0, 0.05) is 45.0 Å². The van der Waals surface area contributed by atoms with Crippen molar-refractivity contribution in [1.29, 1.82) is 0 Å². The number of guanidine groups is 1. The molecule has 1 aromatic heterocycles. The molecule has 1 aromatic rings. The van der Waals surface area contributed by atoms with Gasteiger partial charge in [0.15, 0.2) is 5.96 Å². The SMILES string of the molecule is CCNC(=NCc1ccnc(OC)c1)NCCN1CCOCC1.I. The summed E-state index contributed by atoms with van der Waals surface area (Å²) in [5.74, 6) is 1.44. The Hall–Kier alpha value is -1.13.